The van der Waals surface area contributed by atoms with Crippen molar-refractivity contribution in [3.8, 4) is 5.75 Å². The van der Waals surface area contributed by atoms with E-state index in [1.165, 1.54) is 31.4 Å². The number of allylic oxidation sites excluding steroid dienone is 2. The minimum atomic E-state index is -0.466. The Morgan fingerprint density at radius 2 is 1.96 bits per heavy atom. The fourth-order valence-corrected chi connectivity index (χ4v) is 4.42. The molecule has 1 heterocycles. The van der Waals surface area contributed by atoms with Gasteiger partial charge in [0.15, 0.2) is 0 Å². The van der Waals surface area contributed by atoms with Gasteiger partial charge in [0.2, 0.25) is 0 Å². The van der Waals surface area contributed by atoms with Crippen molar-refractivity contribution in [3.05, 3.63) is 78.9 Å². The summed E-state index contributed by atoms with van der Waals surface area (Å²) in [4.78, 5) is 22.0. The minimum absolute atomic E-state index is 0.0217. The first kappa shape index (κ1) is 18.2. The van der Waals surface area contributed by atoms with Gasteiger partial charge in [0, 0.05) is 34.7 Å². The fourth-order valence-electron chi connectivity index (χ4n) is 4.18. The van der Waals surface area contributed by atoms with Gasteiger partial charge >= 0.3 is 0 Å². The highest BCUT2D eigenvalue weighted by molar-refractivity contribution is 6.31. The van der Waals surface area contributed by atoms with Crippen molar-refractivity contribution in [1.82, 2.24) is 0 Å². The number of nitrogens with zero attached hydrogens (tertiary/aromatic N) is 2. The summed E-state index contributed by atoms with van der Waals surface area (Å²) in [6.45, 7) is 0. The van der Waals surface area contributed by atoms with E-state index in [1.54, 1.807) is 6.07 Å². The number of anilines is 1. The van der Waals surface area contributed by atoms with Gasteiger partial charge in [-0.3, -0.25) is 20.2 Å². The lowest BCUT2D eigenvalue weighted by Crippen LogP contribution is -2.30. The maximum Gasteiger partial charge on any atom is 0.275 e. The summed E-state index contributed by atoms with van der Waals surface area (Å²) in [7, 11) is 1.50. The lowest BCUT2D eigenvalue weighted by Gasteiger charge is -2.37. The number of hydrogen-bond donors (Lipinski definition) is 1. The van der Waals surface area contributed by atoms with Crippen molar-refractivity contribution in [1.29, 1.82) is 0 Å². The highest BCUT2D eigenvalue weighted by atomic mass is 35.5. The normalized spacial score (nSPS) is 22.1. The summed E-state index contributed by atoms with van der Waals surface area (Å²) >= 11 is 6.38. The summed E-state index contributed by atoms with van der Waals surface area (Å²) in [5, 5.41) is 26.6. The molecule has 1 aliphatic carbocycles. The standard InChI is InChI=1S/C19H16ClN3O5/c1-28-16-8-7-15(23(26)27)17-11-3-2-4-12(11)18(21-19(16)17)13-9-10(22(24)25)5-6-14(13)20/h2-3,5-9,11-12,18,21H,4H2,1H3/t11-,12-,18+/m1/s1. The molecule has 2 aromatic carbocycles. The van der Waals surface area contributed by atoms with Crippen LogP contribution in [-0.4, -0.2) is 17.0 Å². The quantitative estimate of drug-likeness (QED) is 0.439. The van der Waals surface area contributed by atoms with Gasteiger partial charge in [-0.2, -0.15) is 0 Å². The van der Waals surface area contributed by atoms with Crippen LogP contribution >= 0.6 is 11.6 Å². The number of nitro benzene ring substituents is 2. The van der Waals surface area contributed by atoms with E-state index in [1.807, 2.05) is 12.2 Å². The predicted molar refractivity (Wildman–Crippen MR) is 104 cm³/mol. The highest BCUT2D eigenvalue weighted by Gasteiger charge is 2.43. The summed E-state index contributed by atoms with van der Waals surface area (Å²) in [6.07, 6.45) is 4.61. The molecule has 0 aromatic heterocycles. The number of non-ortho nitro benzene ring substituents is 1. The third-order valence-electron chi connectivity index (χ3n) is 5.40. The molecular formula is C19H16ClN3O5. The Balaban J connectivity index is 1.90. The minimum Gasteiger partial charge on any atom is -0.495 e. The molecule has 8 nitrogen and oxygen atoms in total. The maximum atomic E-state index is 11.6. The molecule has 144 valence electrons. The first-order chi connectivity index (χ1) is 13.4. The van der Waals surface area contributed by atoms with Crippen LogP contribution in [-0.2, 0) is 0 Å². The van der Waals surface area contributed by atoms with E-state index in [0.29, 0.717) is 34.0 Å². The first-order valence-electron chi connectivity index (χ1n) is 8.64. The third kappa shape index (κ3) is 2.77. The van der Waals surface area contributed by atoms with Gasteiger partial charge < -0.3 is 10.1 Å². The summed E-state index contributed by atoms with van der Waals surface area (Å²) < 4.78 is 5.42. The van der Waals surface area contributed by atoms with Crippen LogP contribution in [0, 0.1) is 26.1 Å². The topological polar surface area (TPSA) is 108 Å². The number of fused-ring (bicyclic) bond motifs is 3. The van der Waals surface area contributed by atoms with E-state index in [-0.39, 0.29) is 29.3 Å². The number of nitrogens with one attached hydrogen (secondary N) is 1. The van der Waals surface area contributed by atoms with Gasteiger partial charge in [0.05, 0.1) is 34.2 Å². The average Bonchev–Trinajstić information content (AvgIpc) is 3.16. The Morgan fingerprint density at radius 1 is 1.18 bits per heavy atom. The van der Waals surface area contributed by atoms with Gasteiger partial charge in [0.1, 0.15) is 5.75 Å². The molecule has 0 spiro atoms. The van der Waals surface area contributed by atoms with E-state index >= 15 is 0 Å². The van der Waals surface area contributed by atoms with Gasteiger partial charge in [-0.1, -0.05) is 23.8 Å². The molecule has 1 N–H and O–H groups in total. The molecule has 1 aliphatic heterocycles. The zero-order chi connectivity index (χ0) is 20.0. The van der Waals surface area contributed by atoms with Crippen molar-refractivity contribution >= 4 is 28.7 Å². The molecule has 3 atom stereocenters. The summed E-state index contributed by atoms with van der Waals surface area (Å²) in [5.74, 6) is 0.204. The number of hydrogen-bond acceptors (Lipinski definition) is 6. The molecular weight excluding hydrogens is 386 g/mol. The smallest absolute Gasteiger partial charge is 0.275 e. The number of benzene rings is 2. The second-order valence-electron chi connectivity index (χ2n) is 6.77. The highest BCUT2D eigenvalue weighted by Crippen LogP contribution is 2.55. The van der Waals surface area contributed by atoms with Gasteiger partial charge in [0.25, 0.3) is 11.4 Å². The van der Waals surface area contributed by atoms with E-state index in [0.717, 1.165) is 0 Å². The van der Waals surface area contributed by atoms with Crippen LogP contribution in [0.4, 0.5) is 17.1 Å². The van der Waals surface area contributed by atoms with Crippen molar-refractivity contribution in [2.24, 2.45) is 5.92 Å². The molecule has 0 fully saturated rings. The van der Waals surface area contributed by atoms with E-state index in [9.17, 15) is 20.2 Å². The Bertz CT molecular complexity index is 1020. The van der Waals surface area contributed by atoms with Crippen LogP contribution in [0.15, 0.2) is 42.5 Å². The number of ether oxygens (including phenoxy) is 1. The lowest BCUT2D eigenvalue weighted by atomic mass is 9.76. The molecule has 0 radical (unpaired) electrons. The summed E-state index contributed by atoms with van der Waals surface area (Å²) in [6, 6.07) is 6.98. The second-order valence-corrected chi connectivity index (χ2v) is 7.18. The number of rotatable bonds is 4. The zero-order valence-corrected chi connectivity index (χ0v) is 15.6. The number of nitro groups is 2. The van der Waals surface area contributed by atoms with Crippen molar-refractivity contribution < 1.29 is 14.6 Å². The predicted octanol–water partition coefficient (Wildman–Crippen LogP) is 4.99. The van der Waals surface area contributed by atoms with E-state index in [4.69, 9.17) is 16.3 Å². The SMILES string of the molecule is COc1ccc([N+](=O)[O-])c2c1N[C@H](c1cc([N+](=O)[O-])ccc1Cl)[C@@H]1CC=C[C@@H]21. The van der Waals surface area contributed by atoms with Crippen LogP contribution < -0.4 is 10.1 Å². The Kier molecular flexibility index (Phi) is 4.43. The molecule has 0 bridgehead atoms. The monoisotopic (exact) mass is 401 g/mol. The third-order valence-corrected chi connectivity index (χ3v) is 5.74. The molecule has 0 saturated heterocycles. The van der Waals surface area contributed by atoms with E-state index < -0.39 is 9.85 Å². The Labute approximate surface area is 165 Å². The molecule has 9 heteroatoms. The van der Waals surface area contributed by atoms with Crippen LogP contribution in [0.2, 0.25) is 5.02 Å². The Hall–Kier alpha value is -3.13. The first-order valence-corrected chi connectivity index (χ1v) is 9.02. The fraction of sp³-hybridized carbons (Fsp3) is 0.263. The molecule has 4 rings (SSSR count). The van der Waals surface area contributed by atoms with Crippen molar-refractivity contribution in [2.45, 2.75) is 18.4 Å². The van der Waals surface area contributed by atoms with Gasteiger partial charge in [-0.15, -0.1) is 0 Å². The number of halogens is 1. The molecule has 0 unspecified atom stereocenters. The van der Waals surface area contributed by atoms with Crippen LogP contribution in [0.1, 0.15) is 29.5 Å². The van der Waals surface area contributed by atoms with Crippen LogP contribution in [0.5, 0.6) is 5.75 Å². The molecule has 2 aromatic rings. The lowest BCUT2D eigenvalue weighted by molar-refractivity contribution is -0.385. The number of methoxy groups -OCH3 is 1. The maximum absolute atomic E-state index is 11.6. The zero-order valence-electron chi connectivity index (χ0n) is 14.8. The van der Waals surface area contributed by atoms with Gasteiger partial charge in [-0.25, -0.2) is 0 Å². The van der Waals surface area contributed by atoms with Gasteiger partial charge in [-0.05, 0) is 24.5 Å². The van der Waals surface area contributed by atoms with Crippen LogP contribution in [0.3, 0.4) is 0 Å². The van der Waals surface area contributed by atoms with Crippen molar-refractivity contribution in [2.75, 3.05) is 12.4 Å². The second kappa shape index (κ2) is 6.79. The van der Waals surface area contributed by atoms with Crippen molar-refractivity contribution in [3.63, 3.8) is 0 Å². The molecule has 0 saturated carbocycles. The average molecular weight is 402 g/mol. The molecule has 28 heavy (non-hydrogen) atoms. The largest absolute Gasteiger partial charge is 0.495 e. The molecule has 0 amide bonds. The Morgan fingerprint density at radius 3 is 2.64 bits per heavy atom. The van der Waals surface area contributed by atoms with Crippen LogP contribution in [0.25, 0.3) is 0 Å². The van der Waals surface area contributed by atoms with E-state index in [2.05, 4.69) is 5.32 Å². The summed E-state index contributed by atoms with van der Waals surface area (Å²) in [5.41, 5.74) is 1.65. The molecule has 2 aliphatic rings.